The third kappa shape index (κ3) is 4.42. The number of nitrogens with zero attached hydrogens (tertiary/aromatic N) is 2. The Morgan fingerprint density at radius 1 is 1.40 bits per heavy atom. The van der Waals surface area contributed by atoms with Gasteiger partial charge in [-0.25, -0.2) is 4.79 Å². The lowest BCUT2D eigenvalue weighted by atomic mass is 9.94. The molecule has 0 radical (unpaired) electrons. The zero-order valence-corrected chi connectivity index (χ0v) is 18.4. The van der Waals surface area contributed by atoms with Crippen molar-refractivity contribution in [3.05, 3.63) is 44.5 Å². The van der Waals surface area contributed by atoms with Crippen molar-refractivity contribution in [3.63, 3.8) is 0 Å². The van der Waals surface area contributed by atoms with E-state index in [4.69, 9.17) is 4.74 Å². The van der Waals surface area contributed by atoms with E-state index in [9.17, 15) is 14.9 Å². The van der Waals surface area contributed by atoms with E-state index in [-0.39, 0.29) is 24.1 Å². The molecular weight excluding hydrogens is 418 g/mol. The summed E-state index contributed by atoms with van der Waals surface area (Å²) in [6, 6.07) is 4.41. The molecule has 0 saturated carbocycles. The van der Waals surface area contributed by atoms with E-state index < -0.39 is 0 Å². The van der Waals surface area contributed by atoms with Gasteiger partial charge in [0.15, 0.2) is 0 Å². The normalized spacial score (nSPS) is 20.7. The van der Waals surface area contributed by atoms with E-state index in [1.807, 2.05) is 23.8 Å². The van der Waals surface area contributed by atoms with Gasteiger partial charge in [0.1, 0.15) is 17.2 Å². The molecule has 1 aliphatic heterocycles. The van der Waals surface area contributed by atoms with Crippen LogP contribution in [0.25, 0.3) is 6.08 Å². The minimum Gasteiger partial charge on any atom is -0.446 e. The summed E-state index contributed by atoms with van der Waals surface area (Å²) in [6.07, 6.45) is 6.78. The topological polar surface area (TPSA) is 82.4 Å². The molecule has 2 aromatic heterocycles. The van der Waals surface area contributed by atoms with E-state index in [0.717, 1.165) is 35.4 Å². The molecule has 0 bridgehead atoms. The van der Waals surface area contributed by atoms with Gasteiger partial charge in [0.05, 0.1) is 5.56 Å². The zero-order chi connectivity index (χ0) is 21.1. The number of hydrogen-bond donors (Lipinski definition) is 1. The molecule has 0 aromatic carbocycles. The lowest BCUT2D eigenvalue weighted by Gasteiger charge is -2.27. The third-order valence-electron chi connectivity index (χ3n) is 5.59. The molecule has 1 N–H and O–H groups in total. The van der Waals surface area contributed by atoms with Crippen LogP contribution in [-0.4, -0.2) is 35.6 Å². The molecule has 1 saturated heterocycles. The fraction of sp³-hybridized carbons (Fsp3) is 0.409. The second kappa shape index (κ2) is 9.02. The number of fused-ring (bicyclic) bond motifs is 1. The van der Waals surface area contributed by atoms with Crippen molar-refractivity contribution in [2.24, 2.45) is 0 Å². The first kappa shape index (κ1) is 20.6. The molecule has 0 spiro atoms. The Bertz CT molecular complexity index is 1000. The minimum absolute atomic E-state index is 0.190. The Balaban J connectivity index is 1.42. The Hall–Kier alpha value is -2.63. The molecule has 1 fully saturated rings. The van der Waals surface area contributed by atoms with Crippen LogP contribution in [0.1, 0.15) is 47.8 Å². The van der Waals surface area contributed by atoms with Crippen molar-refractivity contribution in [2.75, 3.05) is 11.9 Å². The van der Waals surface area contributed by atoms with E-state index in [1.54, 1.807) is 22.3 Å². The number of nitrogens with one attached hydrogen (secondary N) is 1. The number of thiophene rings is 2. The molecule has 156 valence electrons. The summed E-state index contributed by atoms with van der Waals surface area (Å²) in [4.78, 5) is 27.6. The summed E-state index contributed by atoms with van der Waals surface area (Å²) in [5, 5.41) is 17.0. The maximum Gasteiger partial charge on any atom is 0.410 e. The number of ether oxygens (including phenoxy) is 1. The van der Waals surface area contributed by atoms with Crippen LogP contribution >= 0.6 is 22.7 Å². The summed E-state index contributed by atoms with van der Waals surface area (Å²) >= 11 is 2.98. The number of nitriles is 1. The molecule has 2 aliphatic rings. The summed E-state index contributed by atoms with van der Waals surface area (Å²) in [5.74, 6) is -0.262. The SMILES string of the molecule is CC1CCCN1C(=O)OC1CCc2c(sc(NC(=O)/C=C/c3ccsc3)c2C#N)C1. The molecule has 2 unspecified atom stereocenters. The van der Waals surface area contributed by atoms with Crippen LogP contribution in [-0.2, 0) is 22.4 Å². The van der Waals surface area contributed by atoms with Crippen molar-refractivity contribution in [1.82, 2.24) is 4.90 Å². The average molecular weight is 442 g/mol. The predicted octanol–water partition coefficient (Wildman–Crippen LogP) is 4.81. The maximum atomic E-state index is 12.5. The van der Waals surface area contributed by atoms with Gasteiger partial charge in [0.2, 0.25) is 5.91 Å². The van der Waals surface area contributed by atoms with Crippen LogP contribution in [0, 0.1) is 11.3 Å². The van der Waals surface area contributed by atoms with Gasteiger partial charge in [-0.15, -0.1) is 11.3 Å². The summed E-state index contributed by atoms with van der Waals surface area (Å²) in [6.45, 7) is 2.80. The average Bonchev–Trinajstić information content (AvgIpc) is 3.45. The van der Waals surface area contributed by atoms with Gasteiger partial charge >= 0.3 is 6.09 Å². The second-order valence-corrected chi connectivity index (χ2v) is 9.52. The van der Waals surface area contributed by atoms with Gasteiger partial charge in [-0.1, -0.05) is 0 Å². The Kier molecular flexibility index (Phi) is 6.21. The van der Waals surface area contributed by atoms with Gasteiger partial charge in [0.25, 0.3) is 0 Å². The van der Waals surface area contributed by atoms with Gasteiger partial charge in [0, 0.05) is 30.0 Å². The number of anilines is 1. The first-order valence-corrected chi connectivity index (χ1v) is 11.8. The predicted molar refractivity (Wildman–Crippen MR) is 119 cm³/mol. The number of hydrogen-bond acceptors (Lipinski definition) is 6. The van der Waals surface area contributed by atoms with Crippen LogP contribution in [0.3, 0.4) is 0 Å². The van der Waals surface area contributed by atoms with Crippen LogP contribution in [0.15, 0.2) is 22.9 Å². The van der Waals surface area contributed by atoms with Crippen LogP contribution in [0.2, 0.25) is 0 Å². The smallest absolute Gasteiger partial charge is 0.410 e. The number of carbonyl (C=O) groups excluding carboxylic acids is 2. The van der Waals surface area contributed by atoms with Gasteiger partial charge in [-0.05, 0) is 66.6 Å². The van der Waals surface area contributed by atoms with E-state index in [1.165, 1.54) is 17.4 Å². The number of rotatable bonds is 4. The third-order valence-corrected chi connectivity index (χ3v) is 7.47. The van der Waals surface area contributed by atoms with Crippen molar-refractivity contribution in [2.45, 2.75) is 51.2 Å². The lowest BCUT2D eigenvalue weighted by Crippen LogP contribution is -2.37. The summed E-state index contributed by atoms with van der Waals surface area (Å²) < 4.78 is 5.76. The quantitative estimate of drug-likeness (QED) is 0.690. The second-order valence-electron chi connectivity index (χ2n) is 7.63. The van der Waals surface area contributed by atoms with Crippen molar-refractivity contribution < 1.29 is 14.3 Å². The largest absolute Gasteiger partial charge is 0.446 e. The van der Waals surface area contributed by atoms with Crippen molar-refractivity contribution >= 4 is 45.8 Å². The van der Waals surface area contributed by atoms with Gasteiger partial charge in [-0.2, -0.15) is 16.6 Å². The van der Waals surface area contributed by atoms with Gasteiger partial charge < -0.3 is 15.0 Å². The number of amides is 2. The monoisotopic (exact) mass is 441 g/mol. The molecule has 3 heterocycles. The fourth-order valence-electron chi connectivity index (χ4n) is 3.97. The standard InChI is InChI=1S/C22H23N3O3S2/c1-14-3-2-9-25(14)22(27)28-16-5-6-17-18(12-23)21(30-19(17)11-16)24-20(26)7-4-15-8-10-29-13-15/h4,7-8,10,13-14,16H,2-3,5-6,9,11H2,1H3,(H,24,26)/b7-4+. The first-order chi connectivity index (χ1) is 14.5. The highest BCUT2D eigenvalue weighted by molar-refractivity contribution is 7.16. The van der Waals surface area contributed by atoms with E-state index in [2.05, 4.69) is 11.4 Å². The molecule has 4 rings (SSSR count). The van der Waals surface area contributed by atoms with Crippen LogP contribution in [0.4, 0.5) is 9.80 Å². The maximum absolute atomic E-state index is 12.5. The molecule has 2 atom stereocenters. The van der Waals surface area contributed by atoms with E-state index in [0.29, 0.717) is 29.8 Å². The molecular formula is C22H23N3O3S2. The molecule has 6 nitrogen and oxygen atoms in total. The van der Waals surface area contributed by atoms with Gasteiger partial charge in [-0.3, -0.25) is 4.79 Å². The Morgan fingerprint density at radius 3 is 2.97 bits per heavy atom. The Labute approximate surface area is 183 Å². The zero-order valence-electron chi connectivity index (χ0n) is 16.7. The molecule has 30 heavy (non-hydrogen) atoms. The minimum atomic E-state index is -0.262. The molecule has 8 heteroatoms. The molecule has 2 aromatic rings. The van der Waals surface area contributed by atoms with Crippen molar-refractivity contribution in [1.29, 1.82) is 5.26 Å². The number of carbonyl (C=O) groups is 2. The van der Waals surface area contributed by atoms with E-state index >= 15 is 0 Å². The van der Waals surface area contributed by atoms with Crippen LogP contribution < -0.4 is 5.32 Å². The highest BCUT2D eigenvalue weighted by Crippen LogP contribution is 2.38. The van der Waals surface area contributed by atoms with Crippen LogP contribution in [0.5, 0.6) is 0 Å². The number of likely N-dealkylation sites (tertiary alicyclic amines) is 1. The molecule has 1 aliphatic carbocycles. The highest BCUT2D eigenvalue weighted by Gasteiger charge is 2.32. The highest BCUT2D eigenvalue weighted by atomic mass is 32.1. The Morgan fingerprint density at radius 2 is 2.27 bits per heavy atom. The first-order valence-electron chi connectivity index (χ1n) is 10.1. The molecule has 2 amide bonds. The fourth-order valence-corrected chi connectivity index (χ4v) is 5.87. The summed E-state index contributed by atoms with van der Waals surface area (Å²) in [5.41, 5.74) is 2.48. The summed E-state index contributed by atoms with van der Waals surface area (Å²) in [7, 11) is 0. The van der Waals surface area contributed by atoms with Crippen molar-refractivity contribution in [3.8, 4) is 6.07 Å². The lowest BCUT2D eigenvalue weighted by molar-refractivity contribution is -0.111.